The highest BCUT2D eigenvalue weighted by atomic mass is 35.5. The molecule has 0 spiro atoms. The maximum Gasteiger partial charge on any atom is 0.243 e. The molecule has 2 aromatic carbocycles. The van der Waals surface area contributed by atoms with Crippen LogP contribution in [-0.4, -0.2) is 56.6 Å². The summed E-state index contributed by atoms with van der Waals surface area (Å²) in [6.07, 6.45) is -1.48. The van der Waals surface area contributed by atoms with E-state index in [0.29, 0.717) is 18.1 Å². The highest BCUT2D eigenvalue weighted by Crippen LogP contribution is 2.36. The summed E-state index contributed by atoms with van der Waals surface area (Å²) in [5.41, 5.74) is 3.69. The molecule has 3 N–H and O–H groups in total. The molecule has 0 bridgehead atoms. The zero-order chi connectivity index (χ0) is 24.6. The van der Waals surface area contributed by atoms with Gasteiger partial charge in [0.25, 0.3) is 0 Å². The predicted octanol–water partition coefficient (Wildman–Crippen LogP) is 2.76. The molecule has 2 aliphatic heterocycles. The Morgan fingerprint density at radius 3 is 2.59 bits per heavy atom. The number of halogens is 1. The maximum absolute atomic E-state index is 13.8. The Kier molecular flexibility index (Phi) is 7.28. The van der Waals surface area contributed by atoms with Crippen LogP contribution in [0.5, 0.6) is 0 Å². The third-order valence-electron chi connectivity index (χ3n) is 6.86. The number of amides is 2. The molecule has 0 aliphatic carbocycles. The second-order valence-electron chi connectivity index (χ2n) is 9.62. The van der Waals surface area contributed by atoms with Gasteiger partial charge in [0.05, 0.1) is 12.1 Å². The monoisotopic (exact) mass is 485 g/mol. The largest absolute Gasteiger partial charge is 0.391 e. The summed E-state index contributed by atoms with van der Waals surface area (Å²) in [5, 5.41) is 24.9. The Morgan fingerprint density at radius 1 is 1.18 bits per heavy atom. The number of carbonyl (C=O) groups is 2. The van der Waals surface area contributed by atoms with Crippen LogP contribution in [0.25, 0.3) is 0 Å². The van der Waals surface area contributed by atoms with Gasteiger partial charge < -0.3 is 20.4 Å². The minimum atomic E-state index is -0.889. The number of nitrogens with one attached hydrogen (secondary N) is 1. The molecule has 2 heterocycles. The van der Waals surface area contributed by atoms with Gasteiger partial charge in [0.1, 0.15) is 12.3 Å². The highest BCUT2D eigenvalue weighted by Gasteiger charge is 2.46. The lowest BCUT2D eigenvalue weighted by molar-refractivity contribution is -0.149. The molecular weight excluding hydrogens is 454 g/mol. The van der Waals surface area contributed by atoms with Crippen molar-refractivity contribution in [2.75, 3.05) is 6.54 Å². The van der Waals surface area contributed by atoms with Crippen molar-refractivity contribution in [3.8, 4) is 0 Å². The van der Waals surface area contributed by atoms with E-state index >= 15 is 0 Å². The van der Waals surface area contributed by atoms with Crippen molar-refractivity contribution < 1.29 is 19.8 Å². The minimum absolute atomic E-state index is 0.0942. The number of benzene rings is 2. The molecule has 0 radical (unpaired) electrons. The second-order valence-corrected chi connectivity index (χ2v) is 10.1. The van der Waals surface area contributed by atoms with Gasteiger partial charge in [-0.15, -0.1) is 0 Å². The molecule has 4 rings (SSSR count). The van der Waals surface area contributed by atoms with Crippen LogP contribution in [0.1, 0.15) is 48.8 Å². The molecule has 1 fully saturated rings. The molecule has 7 nitrogen and oxygen atoms in total. The molecule has 8 heteroatoms. The van der Waals surface area contributed by atoms with Crippen LogP contribution in [0, 0.1) is 12.8 Å². The van der Waals surface area contributed by atoms with Gasteiger partial charge >= 0.3 is 0 Å². The SMILES string of the molecule is Cc1cc(Cl)ccc1CNC(=O)[C@@H]1C[C@@H](O)CN1C(=O)[C@H](C(C)C)N1Cc2ccccc2C1O. The van der Waals surface area contributed by atoms with Gasteiger partial charge in [-0.3, -0.25) is 14.5 Å². The molecule has 2 aromatic rings. The summed E-state index contributed by atoms with van der Waals surface area (Å²) < 4.78 is 0. The number of hydrogen-bond donors (Lipinski definition) is 3. The topological polar surface area (TPSA) is 93.1 Å². The van der Waals surface area contributed by atoms with E-state index in [2.05, 4.69) is 5.32 Å². The third-order valence-corrected chi connectivity index (χ3v) is 7.10. The number of likely N-dealkylation sites (tertiary alicyclic amines) is 1. The molecule has 4 atom stereocenters. The Morgan fingerprint density at radius 2 is 1.91 bits per heavy atom. The molecule has 2 aliphatic rings. The number of carbonyl (C=O) groups excluding carboxylic acids is 2. The van der Waals surface area contributed by atoms with Gasteiger partial charge in [-0.1, -0.05) is 55.8 Å². The Bertz CT molecular complexity index is 1080. The molecule has 1 saturated heterocycles. The molecule has 2 amide bonds. The lowest BCUT2D eigenvalue weighted by Crippen LogP contribution is -2.54. The number of aryl methyl sites for hydroxylation is 1. The van der Waals surface area contributed by atoms with Gasteiger partial charge in [-0.25, -0.2) is 0 Å². The van der Waals surface area contributed by atoms with Crippen LogP contribution in [-0.2, 0) is 22.7 Å². The van der Waals surface area contributed by atoms with Gasteiger partial charge in [0.15, 0.2) is 0 Å². The van der Waals surface area contributed by atoms with Crippen molar-refractivity contribution in [3.63, 3.8) is 0 Å². The first-order chi connectivity index (χ1) is 16.2. The van der Waals surface area contributed by atoms with E-state index in [4.69, 9.17) is 11.6 Å². The van der Waals surface area contributed by atoms with Crippen molar-refractivity contribution in [3.05, 3.63) is 69.7 Å². The van der Waals surface area contributed by atoms with Crippen LogP contribution < -0.4 is 5.32 Å². The third kappa shape index (κ3) is 4.84. The maximum atomic E-state index is 13.8. The molecule has 0 saturated carbocycles. The van der Waals surface area contributed by atoms with Crippen molar-refractivity contribution in [1.82, 2.24) is 15.1 Å². The number of fused-ring (bicyclic) bond motifs is 1. The summed E-state index contributed by atoms with van der Waals surface area (Å²) in [4.78, 5) is 30.1. The number of aliphatic hydroxyl groups is 2. The van der Waals surface area contributed by atoms with Crippen LogP contribution in [0.3, 0.4) is 0 Å². The van der Waals surface area contributed by atoms with E-state index in [-0.39, 0.29) is 30.7 Å². The van der Waals surface area contributed by atoms with Crippen LogP contribution >= 0.6 is 11.6 Å². The van der Waals surface area contributed by atoms with Gasteiger partial charge in [0.2, 0.25) is 11.8 Å². The Labute approximate surface area is 205 Å². The number of β-amino-alcohol motifs (C(OH)–C–C–N with tert-alkyl or cyclic N) is 1. The fourth-order valence-electron chi connectivity index (χ4n) is 5.09. The lowest BCUT2D eigenvalue weighted by atomic mass is 10.00. The first-order valence-electron chi connectivity index (χ1n) is 11.7. The smallest absolute Gasteiger partial charge is 0.243 e. The van der Waals surface area contributed by atoms with Gasteiger partial charge in [-0.05, 0) is 47.2 Å². The first-order valence-corrected chi connectivity index (χ1v) is 12.1. The zero-order valence-corrected chi connectivity index (χ0v) is 20.5. The van der Waals surface area contributed by atoms with Crippen LogP contribution in [0.15, 0.2) is 42.5 Å². The fourth-order valence-corrected chi connectivity index (χ4v) is 5.31. The molecular formula is C26H32ClN3O4. The molecule has 34 heavy (non-hydrogen) atoms. The van der Waals surface area contributed by atoms with E-state index < -0.39 is 24.4 Å². The van der Waals surface area contributed by atoms with E-state index in [9.17, 15) is 19.8 Å². The average Bonchev–Trinajstić information content (AvgIpc) is 3.33. The fraction of sp³-hybridized carbons (Fsp3) is 0.462. The van der Waals surface area contributed by atoms with Gasteiger partial charge in [0, 0.05) is 31.1 Å². The van der Waals surface area contributed by atoms with Crippen LogP contribution in [0.2, 0.25) is 5.02 Å². The van der Waals surface area contributed by atoms with Crippen molar-refractivity contribution in [1.29, 1.82) is 0 Å². The number of rotatable bonds is 6. The summed E-state index contributed by atoms with van der Waals surface area (Å²) in [6.45, 7) is 6.65. The summed E-state index contributed by atoms with van der Waals surface area (Å²) in [5.74, 6) is -0.650. The van der Waals surface area contributed by atoms with E-state index in [1.54, 1.807) is 11.0 Å². The lowest BCUT2D eigenvalue weighted by Gasteiger charge is -2.36. The standard InChI is InChI=1S/C26H32ClN3O4/c1-15(2)23(30-13-18-6-4-5-7-21(18)25(30)33)26(34)29-14-20(31)11-22(29)24(32)28-12-17-8-9-19(27)10-16(17)3/h4-10,15,20,22-23,25,31,33H,11-14H2,1-3H3,(H,28,32)/t20-,22+,23+,25?/m1/s1. The first kappa shape index (κ1) is 24.7. The summed E-state index contributed by atoms with van der Waals surface area (Å²) >= 11 is 6.02. The van der Waals surface area contributed by atoms with Crippen molar-refractivity contribution in [2.24, 2.45) is 5.92 Å². The van der Waals surface area contributed by atoms with E-state index in [1.165, 1.54) is 4.90 Å². The van der Waals surface area contributed by atoms with E-state index in [1.807, 2.05) is 57.2 Å². The van der Waals surface area contributed by atoms with Crippen molar-refractivity contribution >= 4 is 23.4 Å². The number of nitrogens with zero attached hydrogens (tertiary/aromatic N) is 2. The normalized spacial score (nSPS) is 23.3. The molecule has 182 valence electrons. The Hall–Kier alpha value is -2.45. The highest BCUT2D eigenvalue weighted by molar-refractivity contribution is 6.30. The molecule has 0 aromatic heterocycles. The van der Waals surface area contributed by atoms with Crippen LogP contribution in [0.4, 0.5) is 0 Å². The van der Waals surface area contributed by atoms with Crippen molar-refractivity contribution in [2.45, 2.75) is 64.7 Å². The minimum Gasteiger partial charge on any atom is -0.391 e. The summed E-state index contributed by atoms with van der Waals surface area (Å²) in [7, 11) is 0. The predicted molar refractivity (Wildman–Crippen MR) is 130 cm³/mol. The Balaban J connectivity index is 1.50. The number of aliphatic hydroxyl groups excluding tert-OH is 2. The number of hydrogen-bond acceptors (Lipinski definition) is 5. The second kappa shape index (κ2) is 10.0. The van der Waals surface area contributed by atoms with Gasteiger partial charge in [-0.2, -0.15) is 0 Å². The quantitative estimate of drug-likeness (QED) is 0.585. The average molecular weight is 486 g/mol. The summed E-state index contributed by atoms with van der Waals surface area (Å²) in [6, 6.07) is 11.7. The van der Waals surface area contributed by atoms with E-state index in [0.717, 1.165) is 22.3 Å². The zero-order valence-electron chi connectivity index (χ0n) is 19.7. The molecule has 1 unspecified atom stereocenters.